The van der Waals surface area contributed by atoms with Crippen LogP contribution in [0.4, 0.5) is 0 Å². The minimum atomic E-state index is -3.54. The Morgan fingerprint density at radius 3 is 2.07 bits per heavy atom. The standard InChI is InChI=1S/C18H26N4O4S/c1-2-19-9-13-22(14-10-19)27(25,26)17-5-3-16(4-6-17)18(24)21-11-7-20(15-23)8-12-21/h3-6,15H,2,7-14H2,1H3. The second kappa shape index (κ2) is 8.37. The van der Waals surface area contributed by atoms with Crippen molar-refractivity contribution in [2.75, 3.05) is 58.9 Å². The molecular weight excluding hydrogens is 368 g/mol. The van der Waals surface area contributed by atoms with Crippen molar-refractivity contribution in [1.82, 2.24) is 19.0 Å². The molecule has 148 valence electrons. The fourth-order valence-electron chi connectivity index (χ4n) is 3.42. The van der Waals surface area contributed by atoms with E-state index >= 15 is 0 Å². The van der Waals surface area contributed by atoms with Crippen molar-refractivity contribution in [3.8, 4) is 0 Å². The molecule has 8 nitrogen and oxygen atoms in total. The van der Waals surface area contributed by atoms with E-state index in [1.54, 1.807) is 21.9 Å². The van der Waals surface area contributed by atoms with E-state index in [0.717, 1.165) is 26.0 Å². The van der Waals surface area contributed by atoms with Crippen molar-refractivity contribution in [3.63, 3.8) is 0 Å². The lowest BCUT2D eigenvalue weighted by Crippen LogP contribution is -2.48. The van der Waals surface area contributed by atoms with Crippen LogP contribution >= 0.6 is 0 Å². The average Bonchev–Trinajstić information content (AvgIpc) is 2.73. The zero-order valence-corrected chi connectivity index (χ0v) is 16.4. The summed E-state index contributed by atoms with van der Waals surface area (Å²) in [7, 11) is -3.54. The molecule has 2 aliphatic rings. The molecule has 3 rings (SSSR count). The number of rotatable bonds is 5. The maximum absolute atomic E-state index is 12.8. The Balaban J connectivity index is 1.66. The van der Waals surface area contributed by atoms with Gasteiger partial charge < -0.3 is 14.7 Å². The lowest BCUT2D eigenvalue weighted by molar-refractivity contribution is -0.119. The number of hydrogen-bond acceptors (Lipinski definition) is 5. The summed E-state index contributed by atoms with van der Waals surface area (Å²) < 4.78 is 27.1. The smallest absolute Gasteiger partial charge is 0.253 e. The summed E-state index contributed by atoms with van der Waals surface area (Å²) in [4.78, 5) is 29.1. The van der Waals surface area contributed by atoms with E-state index in [1.807, 2.05) is 0 Å². The Morgan fingerprint density at radius 1 is 0.963 bits per heavy atom. The second-order valence-corrected chi connectivity index (χ2v) is 8.73. The molecule has 27 heavy (non-hydrogen) atoms. The Labute approximate surface area is 160 Å². The molecule has 0 N–H and O–H groups in total. The molecule has 1 aromatic rings. The number of sulfonamides is 1. The molecule has 0 aromatic heterocycles. The molecule has 0 spiro atoms. The van der Waals surface area contributed by atoms with Gasteiger partial charge in [0.1, 0.15) is 0 Å². The van der Waals surface area contributed by atoms with E-state index < -0.39 is 10.0 Å². The predicted octanol–water partition coefficient (Wildman–Crippen LogP) is -0.0730. The normalized spacial score (nSPS) is 19.9. The predicted molar refractivity (Wildman–Crippen MR) is 101 cm³/mol. The van der Waals surface area contributed by atoms with Crippen molar-refractivity contribution in [2.24, 2.45) is 0 Å². The number of likely N-dealkylation sites (N-methyl/N-ethyl adjacent to an activating group) is 1. The fraction of sp³-hybridized carbons (Fsp3) is 0.556. The van der Waals surface area contributed by atoms with Crippen molar-refractivity contribution >= 4 is 22.3 Å². The van der Waals surface area contributed by atoms with Gasteiger partial charge in [0.25, 0.3) is 5.91 Å². The molecule has 2 heterocycles. The first-order valence-corrected chi connectivity index (χ1v) is 10.7. The van der Waals surface area contributed by atoms with Gasteiger partial charge in [-0.15, -0.1) is 0 Å². The monoisotopic (exact) mass is 394 g/mol. The van der Waals surface area contributed by atoms with Crippen LogP contribution in [-0.2, 0) is 14.8 Å². The first kappa shape index (κ1) is 19.8. The number of benzene rings is 1. The first-order valence-electron chi connectivity index (χ1n) is 9.27. The maximum Gasteiger partial charge on any atom is 0.253 e. The van der Waals surface area contributed by atoms with Crippen LogP contribution in [-0.4, -0.2) is 98.6 Å². The largest absolute Gasteiger partial charge is 0.342 e. The molecule has 0 saturated carbocycles. The Morgan fingerprint density at radius 2 is 1.56 bits per heavy atom. The van der Waals surface area contributed by atoms with Gasteiger partial charge >= 0.3 is 0 Å². The summed E-state index contributed by atoms with van der Waals surface area (Å²) in [6.07, 6.45) is 0.793. The molecule has 2 amide bonds. The van der Waals surface area contributed by atoms with Gasteiger partial charge in [0.05, 0.1) is 4.90 Å². The highest BCUT2D eigenvalue weighted by molar-refractivity contribution is 7.89. The number of nitrogens with zero attached hydrogens (tertiary/aromatic N) is 4. The van der Waals surface area contributed by atoms with Crippen molar-refractivity contribution in [3.05, 3.63) is 29.8 Å². The van der Waals surface area contributed by atoms with E-state index in [2.05, 4.69) is 11.8 Å². The summed E-state index contributed by atoms with van der Waals surface area (Å²) in [5.41, 5.74) is 0.462. The third kappa shape index (κ3) is 4.31. The van der Waals surface area contributed by atoms with Gasteiger partial charge in [0, 0.05) is 57.9 Å². The molecule has 0 unspecified atom stereocenters. The molecule has 0 radical (unpaired) electrons. The molecule has 0 bridgehead atoms. The molecule has 2 saturated heterocycles. The highest BCUT2D eigenvalue weighted by atomic mass is 32.2. The van der Waals surface area contributed by atoms with E-state index in [4.69, 9.17) is 0 Å². The molecule has 2 fully saturated rings. The Hall–Kier alpha value is -1.97. The molecule has 0 atom stereocenters. The van der Waals surface area contributed by atoms with Gasteiger partial charge in [-0.3, -0.25) is 9.59 Å². The van der Waals surface area contributed by atoms with E-state index in [0.29, 0.717) is 44.8 Å². The second-order valence-electron chi connectivity index (χ2n) is 6.80. The molecule has 9 heteroatoms. The zero-order valence-electron chi connectivity index (χ0n) is 15.6. The molecule has 0 aliphatic carbocycles. The minimum Gasteiger partial charge on any atom is -0.342 e. The first-order chi connectivity index (χ1) is 13.0. The van der Waals surface area contributed by atoms with Gasteiger partial charge in [-0.05, 0) is 30.8 Å². The SMILES string of the molecule is CCN1CCN(S(=O)(=O)c2ccc(C(=O)N3CCN(C=O)CC3)cc2)CC1. The topological polar surface area (TPSA) is 81.2 Å². The quantitative estimate of drug-likeness (QED) is 0.653. The van der Waals surface area contributed by atoms with Gasteiger partial charge in [-0.25, -0.2) is 8.42 Å². The number of carbonyl (C=O) groups excluding carboxylic acids is 2. The van der Waals surface area contributed by atoms with Gasteiger partial charge in [0.15, 0.2) is 0 Å². The Kier molecular flexibility index (Phi) is 6.13. The average molecular weight is 394 g/mol. The summed E-state index contributed by atoms with van der Waals surface area (Å²) in [5, 5.41) is 0. The van der Waals surface area contributed by atoms with Crippen LogP contribution in [0.3, 0.4) is 0 Å². The van der Waals surface area contributed by atoms with E-state index in [1.165, 1.54) is 16.4 Å². The Bertz CT molecular complexity index is 765. The summed E-state index contributed by atoms with van der Waals surface area (Å²) in [6, 6.07) is 6.17. The van der Waals surface area contributed by atoms with Crippen LogP contribution in [0.15, 0.2) is 29.2 Å². The van der Waals surface area contributed by atoms with Gasteiger partial charge in [-0.2, -0.15) is 4.31 Å². The third-order valence-electron chi connectivity index (χ3n) is 5.27. The summed E-state index contributed by atoms with van der Waals surface area (Å²) in [6.45, 7) is 7.44. The minimum absolute atomic E-state index is 0.138. The van der Waals surface area contributed by atoms with E-state index in [9.17, 15) is 18.0 Å². The van der Waals surface area contributed by atoms with Crippen LogP contribution < -0.4 is 0 Å². The van der Waals surface area contributed by atoms with Crippen LogP contribution in [0, 0.1) is 0 Å². The van der Waals surface area contributed by atoms with Gasteiger partial charge in [0.2, 0.25) is 16.4 Å². The third-order valence-corrected chi connectivity index (χ3v) is 7.18. The highest BCUT2D eigenvalue weighted by Gasteiger charge is 2.28. The van der Waals surface area contributed by atoms with Crippen LogP contribution in [0.5, 0.6) is 0 Å². The molecular formula is C18H26N4O4S. The van der Waals surface area contributed by atoms with E-state index in [-0.39, 0.29) is 10.8 Å². The number of amides is 2. The van der Waals surface area contributed by atoms with Crippen molar-refractivity contribution in [2.45, 2.75) is 11.8 Å². The number of carbonyl (C=O) groups is 2. The molecule has 1 aromatic carbocycles. The maximum atomic E-state index is 12.8. The fourth-order valence-corrected chi connectivity index (χ4v) is 4.84. The van der Waals surface area contributed by atoms with Crippen LogP contribution in [0.1, 0.15) is 17.3 Å². The zero-order chi connectivity index (χ0) is 19.4. The molecule has 2 aliphatic heterocycles. The van der Waals surface area contributed by atoms with Crippen LogP contribution in [0.25, 0.3) is 0 Å². The summed E-state index contributed by atoms with van der Waals surface area (Å²) in [5.74, 6) is -0.138. The number of hydrogen-bond donors (Lipinski definition) is 0. The lowest BCUT2D eigenvalue weighted by Gasteiger charge is -2.33. The van der Waals surface area contributed by atoms with Crippen molar-refractivity contribution < 1.29 is 18.0 Å². The highest BCUT2D eigenvalue weighted by Crippen LogP contribution is 2.19. The van der Waals surface area contributed by atoms with Crippen molar-refractivity contribution in [1.29, 1.82) is 0 Å². The number of piperazine rings is 2. The van der Waals surface area contributed by atoms with Crippen LogP contribution in [0.2, 0.25) is 0 Å². The summed E-state index contributed by atoms with van der Waals surface area (Å²) >= 11 is 0. The lowest BCUT2D eigenvalue weighted by atomic mass is 10.2. The van der Waals surface area contributed by atoms with Gasteiger partial charge in [-0.1, -0.05) is 6.92 Å².